The van der Waals surface area contributed by atoms with Gasteiger partial charge in [-0.3, -0.25) is 0 Å². The van der Waals surface area contributed by atoms with E-state index in [-0.39, 0.29) is 17.6 Å². The number of aliphatic hydroxyl groups excluding tert-OH is 1. The number of rotatable bonds is 5. The molecule has 1 saturated carbocycles. The van der Waals surface area contributed by atoms with Gasteiger partial charge in [-0.2, -0.15) is 9.19 Å². The number of benzene rings is 1. The average Bonchev–Trinajstić information content (AvgIpc) is 3.20. The Balaban J connectivity index is 1.98. The van der Waals surface area contributed by atoms with Crippen molar-refractivity contribution in [1.29, 1.82) is 0 Å². The molecule has 0 bridgehead atoms. The molecule has 112 valence electrons. The molecule has 1 aliphatic carbocycles. The Bertz CT molecular complexity index is 763. The van der Waals surface area contributed by atoms with Gasteiger partial charge in [0, 0.05) is 17.7 Å². The Morgan fingerprint density at radius 2 is 2.10 bits per heavy atom. The number of phenolic OH excluding ortho intramolecular Hbond substituents is 1. The van der Waals surface area contributed by atoms with Gasteiger partial charge in [0.15, 0.2) is 0 Å². The fourth-order valence-electron chi connectivity index (χ4n) is 2.20. The summed E-state index contributed by atoms with van der Waals surface area (Å²) >= 11 is 0. The second-order valence-electron chi connectivity index (χ2n) is 5.17. The Hall–Kier alpha value is -1.86. The van der Waals surface area contributed by atoms with Gasteiger partial charge in [0.05, 0.1) is 17.6 Å². The monoisotopic (exact) mass is 308 g/mol. The molecule has 0 aliphatic heterocycles. The Labute approximate surface area is 122 Å². The number of hydrogen-bond donors (Lipinski definition) is 2. The first kappa shape index (κ1) is 14.1. The SMILES string of the molecule is O=S(=O)(C1CC1)n1cc(-c2cc(CCO)ccc2O)cn1. The zero-order valence-electron chi connectivity index (χ0n) is 11.3. The predicted molar refractivity (Wildman–Crippen MR) is 77.5 cm³/mol. The Morgan fingerprint density at radius 1 is 1.33 bits per heavy atom. The van der Waals surface area contributed by atoms with Gasteiger partial charge in [-0.25, -0.2) is 8.42 Å². The molecule has 1 heterocycles. The summed E-state index contributed by atoms with van der Waals surface area (Å²) in [5.74, 6) is 0.0556. The highest BCUT2D eigenvalue weighted by molar-refractivity contribution is 7.90. The van der Waals surface area contributed by atoms with Crippen LogP contribution in [0, 0.1) is 0 Å². The van der Waals surface area contributed by atoms with Crippen molar-refractivity contribution in [2.24, 2.45) is 0 Å². The van der Waals surface area contributed by atoms with Crippen molar-refractivity contribution >= 4 is 10.0 Å². The van der Waals surface area contributed by atoms with E-state index in [1.165, 1.54) is 18.5 Å². The van der Waals surface area contributed by atoms with Crippen molar-refractivity contribution in [2.45, 2.75) is 24.5 Å². The van der Waals surface area contributed by atoms with Crippen molar-refractivity contribution in [1.82, 2.24) is 9.19 Å². The lowest BCUT2D eigenvalue weighted by Crippen LogP contribution is -2.17. The van der Waals surface area contributed by atoms with Gasteiger partial charge < -0.3 is 10.2 Å². The van der Waals surface area contributed by atoms with Crippen molar-refractivity contribution in [3.63, 3.8) is 0 Å². The molecule has 3 rings (SSSR count). The van der Waals surface area contributed by atoms with Crippen LogP contribution in [0.5, 0.6) is 5.75 Å². The Kier molecular flexibility index (Phi) is 3.46. The fourth-order valence-corrected chi connectivity index (χ4v) is 3.68. The summed E-state index contributed by atoms with van der Waals surface area (Å²) in [4.78, 5) is 0. The van der Waals surface area contributed by atoms with Crippen molar-refractivity contribution < 1.29 is 18.6 Å². The fraction of sp³-hybridized carbons (Fsp3) is 0.357. The van der Waals surface area contributed by atoms with Gasteiger partial charge in [0.1, 0.15) is 5.75 Å². The molecule has 0 atom stereocenters. The number of aromatic hydroxyl groups is 1. The highest BCUT2D eigenvalue weighted by Crippen LogP contribution is 2.33. The normalized spacial score (nSPS) is 15.3. The van der Waals surface area contributed by atoms with Crippen LogP contribution in [-0.2, 0) is 16.4 Å². The van der Waals surface area contributed by atoms with Gasteiger partial charge in [0.25, 0.3) is 10.0 Å². The summed E-state index contributed by atoms with van der Waals surface area (Å²) in [6, 6.07) is 4.99. The molecule has 2 N–H and O–H groups in total. The molecule has 1 aromatic carbocycles. The van der Waals surface area contributed by atoms with Crippen LogP contribution in [0.15, 0.2) is 30.6 Å². The maximum atomic E-state index is 12.1. The molecular weight excluding hydrogens is 292 g/mol. The van der Waals surface area contributed by atoms with E-state index in [4.69, 9.17) is 5.11 Å². The molecular formula is C14H16N2O4S. The first-order valence-corrected chi connectivity index (χ1v) is 8.25. The van der Waals surface area contributed by atoms with Gasteiger partial charge in [-0.1, -0.05) is 6.07 Å². The van der Waals surface area contributed by atoms with Crippen LogP contribution in [0.25, 0.3) is 11.1 Å². The zero-order chi connectivity index (χ0) is 15.0. The maximum Gasteiger partial charge on any atom is 0.256 e. The number of nitrogens with zero attached hydrogens (tertiary/aromatic N) is 2. The molecule has 7 heteroatoms. The molecule has 6 nitrogen and oxygen atoms in total. The molecule has 2 aromatic rings. The van der Waals surface area contributed by atoms with Crippen LogP contribution in [-0.4, -0.2) is 39.7 Å². The van der Waals surface area contributed by atoms with E-state index < -0.39 is 10.0 Å². The quantitative estimate of drug-likeness (QED) is 0.864. The molecule has 21 heavy (non-hydrogen) atoms. The van der Waals surface area contributed by atoms with E-state index in [1.54, 1.807) is 12.1 Å². The van der Waals surface area contributed by atoms with Gasteiger partial charge >= 0.3 is 0 Å². The van der Waals surface area contributed by atoms with Crippen molar-refractivity contribution in [3.05, 3.63) is 36.2 Å². The second kappa shape index (κ2) is 5.16. The third-order valence-electron chi connectivity index (χ3n) is 3.54. The summed E-state index contributed by atoms with van der Waals surface area (Å²) in [5, 5.41) is 22.5. The second-order valence-corrected chi connectivity index (χ2v) is 7.24. The number of aliphatic hydroxyl groups is 1. The van der Waals surface area contributed by atoms with Crippen molar-refractivity contribution in [3.8, 4) is 16.9 Å². The molecule has 0 amide bonds. The number of hydrogen-bond acceptors (Lipinski definition) is 5. The molecule has 1 aromatic heterocycles. The number of phenols is 1. The minimum Gasteiger partial charge on any atom is -0.507 e. The molecule has 0 saturated heterocycles. The minimum absolute atomic E-state index is 0.0134. The summed E-state index contributed by atoms with van der Waals surface area (Å²) < 4.78 is 25.2. The largest absolute Gasteiger partial charge is 0.507 e. The first-order valence-electron chi connectivity index (χ1n) is 6.74. The molecule has 0 spiro atoms. The van der Waals surface area contributed by atoms with Crippen molar-refractivity contribution in [2.75, 3.05) is 6.61 Å². The van der Waals surface area contributed by atoms with Crippen LogP contribution in [0.4, 0.5) is 0 Å². The van der Waals surface area contributed by atoms with E-state index in [0.717, 1.165) is 9.65 Å². The summed E-state index contributed by atoms with van der Waals surface area (Å²) in [5.41, 5.74) is 1.91. The topological polar surface area (TPSA) is 92.4 Å². The molecule has 0 unspecified atom stereocenters. The van der Waals surface area contributed by atoms with Crippen LogP contribution < -0.4 is 0 Å². The van der Waals surface area contributed by atoms with E-state index in [9.17, 15) is 13.5 Å². The summed E-state index contributed by atoms with van der Waals surface area (Å²) in [7, 11) is -3.40. The Morgan fingerprint density at radius 3 is 2.76 bits per heavy atom. The third kappa shape index (κ3) is 2.66. The lowest BCUT2D eigenvalue weighted by molar-refractivity contribution is 0.299. The van der Waals surface area contributed by atoms with Crippen LogP contribution in [0.1, 0.15) is 18.4 Å². The van der Waals surface area contributed by atoms with Gasteiger partial charge in [-0.05, 0) is 37.0 Å². The standard InChI is InChI=1S/C14H16N2O4S/c17-6-5-10-1-4-14(18)13(7-10)11-8-15-16(9-11)21(19,20)12-2-3-12/h1,4,7-9,12,17-18H,2-3,5-6H2. The lowest BCUT2D eigenvalue weighted by Gasteiger charge is -2.05. The third-order valence-corrected chi connectivity index (χ3v) is 5.57. The smallest absolute Gasteiger partial charge is 0.256 e. The van der Waals surface area contributed by atoms with Gasteiger partial charge in [-0.15, -0.1) is 0 Å². The van der Waals surface area contributed by atoms with Gasteiger partial charge in [0.2, 0.25) is 0 Å². The van der Waals surface area contributed by atoms with E-state index >= 15 is 0 Å². The molecule has 1 fully saturated rings. The van der Waals surface area contributed by atoms with E-state index in [0.29, 0.717) is 30.4 Å². The average molecular weight is 308 g/mol. The highest BCUT2D eigenvalue weighted by Gasteiger charge is 2.37. The lowest BCUT2D eigenvalue weighted by atomic mass is 10.0. The first-order chi connectivity index (χ1) is 10.0. The molecule has 0 radical (unpaired) electrons. The maximum absolute atomic E-state index is 12.1. The predicted octanol–water partition coefficient (Wildman–Crippen LogP) is 1.13. The van der Waals surface area contributed by atoms with Crippen LogP contribution in [0.3, 0.4) is 0 Å². The zero-order valence-corrected chi connectivity index (χ0v) is 12.1. The van der Waals surface area contributed by atoms with Crippen LogP contribution in [0.2, 0.25) is 0 Å². The summed E-state index contributed by atoms with van der Waals surface area (Å²) in [6.07, 6.45) is 4.68. The van der Waals surface area contributed by atoms with Crippen LogP contribution >= 0.6 is 0 Å². The summed E-state index contributed by atoms with van der Waals surface area (Å²) in [6.45, 7) is 0.0134. The minimum atomic E-state index is -3.40. The molecule has 1 aliphatic rings. The highest BCUT2D eigenvalue weighted by atomic mass is 32.2. The number of aromatic nitrogens is 2. The van der Waals surface area contributed by atoms with E-state index in [2.05, 4.69) is 5.10 Å². The van der Waals surface area contributed by atoms with E-state index in [1.807, 2.05) is 0 Å².